The zero-order chi connectivity index (χ0) is 30.6. The number of carbonyl (C=O) groups is 4. The van der Waals surface area contributed by atoms with Gasteiger partial charge in [-0.15, -0.1) is 0 Å². The van der Waals surface area contributed by atoms with Gasteiger partial charge in [0.15, 0.2) is 0 Å². The first-order valence-corrected chi connectivity index (χ1v) is 14.2. The zero-order valence-corrected chi connectivity index (χ0v) is 25.3. The number of likely N-dealkylation sites (N-methyl/N-ethyl adjacent to an activating group) is 2. The van der Waals surface area contributed by atoms with Crippen LogP contribution in [0.5, 0.6) is 0 Å². The van der Waals surface area contributed by atoms with Crippen LogP contribution in [-0.4, -0.2) is 91.6 Å². The number of halogens is 1. The Labute approximate surface area is 250 Å². The summed E-state index contributed by atoms with van der Waals surface area (Å²) in [4.78, 5) is 61.7. The van der Waals surface area contributed by atoms with Crippen LogP contribution in [0, 0.1) is 11.8 Å². The number of amides is 4. The molecule has 3 aromatic rings. The molecule has 2 heterocycles. The maximum absolute atomic E-state index is 13.5. The van der Waals surface area contributed by atoms with Crippen molar-refractivity contribution in [2.75, 3.05) is 59.0 Å². The van der Waals surface area contributed by atoms with Gasteiger partial charge in [0.05, 0.1) is 5.02 Å². The van der Waals surface area contributed by atoms with Gasteiger partial charge in [0.2, 0.25) is 17.6 Å². The molecule has 1 aliphatic carbocycles. The standard InChI is InChI=1S/C30H37ClN6O5/c1-35(2)14-15-37(5)30(41)20-10-12-23-22(16-20)25(26(42-23)28(39)33-24-13-11-21(31)17-32-24)34-27(38)18-6-8-19(9-7-18)29(40)36(3)4/h10-13,16-19H,6-9,14-15H2,1-5H3,(H,34,38)(H,32,33,39)/t18-,19-. The smallest absolute Gasteiger partial charge is 0.294 e. The molecule has 0 spiro atoms. The van der Waals surface area contributed by atoms with Crippen molar-refractivity contribution in [2.24, 2.45) is 11.8 Å². The minimum Gasteiger partial charge on any atom is -0.449 e. The number of rotatable bonds is 9. The molecule has 2 N–H and O–H groups in total. The van der Waals surface area contributed by atoms with Gasteiger partial charge in [0.1, 0.15) is 17.1 Å². The molecule has 0 unspecified atom stereocenters. The lowest BCUT2D eigenvalue weighted by molar-refractivity contribution is -0.135. The van der Waals surface area contributed by atoms with E-state index in [-0.39, 0.29) is 46.8 Å². The lowest BCUT2D eigenvalue weighted by atomic mass is 9.81. The third-order valence-corrected chi connectivity index (χ3v) is 7.70. The van der Waals surface area contributed by atoms with Gasteiger partial charge < -0.3 is 29.8 Å². The van der Waals surface area contributed by atoms with Crippen molar-refractivity contribution < 1.29 is 23.6 Å². The fourth-order valence-corrected chi connectivity index (χ4v) is 5.11. The molecule has 1 saturated carbocycles. The molecule has 1 aromatic carbocycles. The van der Waals surface area contributed by atoms with E-state index in [4.69, 9.17) is 16.0 Å². The van der Waals surface area contributed by atoms with E-state index in [0.29, 0.717) is 60.3 Å². The van der Waals surface area contributed by atoms with Crippen LogP contribution in [0.4, 0.5) is 11.5 Å². The van der Waals surface area contributed by atoms with Crippen molar-refractivity contribution in [3.8, 4) is 0 Å². The number of fused-ring (bicyclic) bond motifs is 1. The average Bonchev–Trinajstić information content (AvgIpc) is 3.33. The van der Waals surface area contributed by atoms with Gasteiger partial charge in [-0.3, -0.25) is 19.2 Å². The van der Waals surface area contributed by atoms with Gasteiger partial charge in [0, 0.05) is 63.2 Å². The first-order chi connectivity index (χ1) is 19.9. The first-order valence-electron chi connectivity index (χ1n) is 13.9. The highest BCUT2D eigenvalue weighted by molar-refractivity contribution is 6.30. The largest absolute Gasteiger partial charge is 0.449 e. The predicted molar refractivity (Wildman–Crippen MR) is 162 cm³/mol. The van der Waals surface area contributed by atoms with Crippen molar-refractivity contribution in [2.45, 2.75) is 25.7 Å². The number of anilines is 2. The molecule has 1 aliphatic rings. The van der Waals surface area contributed by atoms with Crippen molar-refractivity contribution in [3.63, 3.8) is 0 Å². The number of hydrogen-bond donors (Lipinski definition) is 2. The highest BCUT2D eigenvalue weighted by Crippen LogP contribution is 2.35. The Kier molecular flexibility index (Phi) is 9.85. The molecule has 42 heavy (non-hydrogen) atoms. The molecule has 0 bridgehead atoms. The zero-order valence-electron chi connectivity index (χ0n) is 24.6. The molecule has 4 rings (SSSR count). The molecule has 1 fully saturated rings. The number of carbonyl (C=O) groups excluding carboxylic acids is 4. The number of furan rings is 1. The molecule has 0 aliphatic heterocycles. The Morgan fingerprint density at radius 1 is 0.929 bits per heavy atom. The molecule has 224 valence electrons. The Bertz CT molecular complexity index is 1460. The average molecular weight is 597 g/mol. The normalized spacial score (nSPS) is 16.7. The SMILES string of the molecule is CN(C)CCN(C)C(=O)c1ccc2oc(C(=O)Nc3ccc(Cl)cn3)c(NC(=O)[C@H]3CC[C@H](C(=O)N(C)C)CC3)c2c1. The van der Waals surface area contributed by atoms with Crippen LogP contribution in [0.25, 0.3) is 11.0 Å². The van der Waals surface area contributed by atoms with Crippen LogP contribution in [0.15, 0.2) is 40.9 Å². The highest BCUT2D eigenvalue weighted by Gasteiger charge is 2.32. The minimum atomic E-state index is -0.618. The van der Waals surface area contributed by atoms with Crippen LogP contribution >= 0.6 is 11.6 Å². The molecule has 2 aromatic heterocycles. The van der Waals surface area contributed by atoms with Gasteiger partial charge >= 0.3 is 0 Å². The van der Waals surface area contributed by atoms with Gasteiger partial charge in [0.25, 0.3) is 11.8 Å². The lowest BCUT2D eigenvalue weighted by Crippen LogP contribution is -2.35. The van der Waals surface area contributed by atoms with Crippen molar-refractivity contribution in [1.29, 1.82) is 0 Å². The van der Waals surface area contributed by atoms with E-state index >= 15 is 0 Å². The summed E-state index contributed by atoms with van der Waals surface area (Å²) < 4.78 is 5.93. The topological polar surface area (TPSA) is 128 Å². The minimum absolute atomic E-state index is 0.0669. The van der Waals surface area contributed by atoms with E-state index in [1.54, 1.807) is 61.3 Å². The molecule has 4 amide bonds. The highest BCUT2D eigenvalue weighted by atomic mass is 35.5. The summed E-state index contributed by atoms with van der Waals surface area (Å²) in [5.41, 5.74) is 0.917. The van der Waals surface area contributed by atoms with E-state index in [0.717, 1.165) is 0 Å². The van der Waals surface area contributed by atoms with Crippen LogP contribution < -0.4 is 10.6 Å². The second kappa shape index (κ2) is 13.3. The first kappa shape index (κ1) is 31.0. The van der Waals surface area contributed by atoms with Crippen LogP contribution in [0.2, 0.25) is 5.02 Å². The van der Waals surface area contributed by atoms with E-state index in [1.165, 1.54) is 6.20 Å². The lowest BCUT2D eigenvalue weighted by Gasteiger charge is -2.28. The van der Waals surface area contributed by atoms with Crippen molar-refractivity contribution in [1.82, 2.24) is 19.7 Å². The monoisotopic (exact) mass is 596 g/mol. The Morgan fingerprint density at radius 3 is 2.24 bits per heavy atom. The van der Waals surface area contributed by atoms with E-state index in [2.05, 4.69) is 15.6 Å². The maximum Gasteiger partial charge on any atom is 0.294 e. The summed E-state index contributed by atoms with van der Waals surface area (Å²) in [6, 6.07) is 8.03. The molecule has 0 radical (unpaired) electrons. The van der Waals surface area contributed by atoms with Crippen molar-refractivity contribution in [3.05, 3.63) is 52.9 Å². The summed E-state index contributed by atoms with van der Waals surface area (Å²) in [5, 5.41) is 6.44. The third-order valence-electron chi connectivity index (χ3n) is 7.48. The number of pyridine rings is 1. The van der Waals surface area contributed by atoms with Gasteiger partial charge in [-0.2, -0.15) is 0 Å². The summed E-state index contributed by atoms with van der Waals surface area (Å²) >= 11 is 5.92. The van der Waals surface area contributed by atoms with Crippen LogP contribution in [0.1, 0.15) is 46.6 Å². The number of hydrogen-bond acceptors (Lipinski definition) is 7. The second-order valence-electron chi connectivity index (χ2n) is 11.1. The number of nitrogens with one attached hydrogen (secondary N) is 2. The fourth-order valence-electron chi connectivity index (χ4n) is 5.00. The maximum atomic E-state index is 13.5. The molecule has 0 saturated heterocycles. The summed E-state index contributed by atoms with van der Waals surface area (Å²) in [6.45, 7) is 1.22. The molecule has 11 nitrogen and oxygen atoms in total. The van der Waals surface area contributed by atoms with Gasteiger partial charge in [-0.05, 0) is 70.1 Å². The molecule has 12 heteroatoms. The van der Waals surface area contributed by atoms with Crippen molar-refractivity contribution >= 4 is 57.7 Å². The summed E-state index contributed by atoms with van der Waals surface area (Å²) in [6.07, 6.45) is 3.70. The number of benzene rings is 1. The van der Waals surface area contributed by atoms with Gasteiger partial charge in [-0.1, -0.05) is 11.6 Å². The van der Waals surface area contributed by atoms with E-state index in [9.17, 15) is 19.2 Å². The Morgan fingerprint density at radius 2 is 1.62 bits per heavy atom. The molecule has 0 atom stereocenters. The molecular formula is C30H37ClN6O5. The Hall–Kier alpha value is -3.96. The van der Waals surface area contributed by atoms with Crippen LogP contribution in [-0.2, 0) is 9.59 Å². The van der Waals surface area contributed by atoms with Gasteiger partial charge in [-0.25, -0.2) is 4.98 Å². The van der Waals surface area contributed by atoms with Crippen LogP contribution in [0.3, 0.4) is 0 Å². The second-order valence-corrected chi connectivity index (χ2v) is 11.6. The number of aromatic nitrogens is 1. The Balaban J connectivity index is 1.63. The quantitative estimate of drug-likeness (QED) is 0.379. The summed E-state index contributed by atoms with van der Waals surface area (Å²) in [5.74, 6) is -1.32. The summed E-state index contributed by atoms with van der Waals surface area (Å²) in [7, 11) is 9.06. The molecular weight excluding hydrogens is 560 g/mol. The fraction of sp³-hybridized carbons (Fsp3) is 0.433. The van der Waals surface area contributed by atoms with E-state index in [1.807, 2.05) is 19.0 Å². The third kappa shape index (κ3) is 7.27. The predicted octanol–water partition coefficient (Wildman–Crippen LogP) is 4.20. The van der Waals surface area contributed by atoms with E-state index < -0.39 is 5.91 Å². The number of nitrogens with zero attached hydrogens (tertiary/aromatic N) is 4.